The van der Waals surface area contributed by atoms with Gasteiger partial charge >= 0.3 is 0 Å². The largest absolute Gasteiger partial charge is 0.367 e. The number of hydroxylamine groups is 1. The van der Waals surface area contributed by atoms with Crippen LogP contribution in [0.4, 0.5) is 5.69 Å². The van der Waals surface area contributed by atoms with E-state index in [0.717, 1.165) is 30.8 Å². The summed E-state index contributed by atoms with van der Waals surface area (Å²) in [6, 6.07) is 26.0. The number of nitrogens with zero attached hydrogens (tertiary/aromatic N) is 1. The predicted octanol–water partition coefficient (Wildman–Crippen LogP) is 4.11. The third-order valence-corrected chi connectivity index (χ3v) is 4.87. The molecule has 0 atom stereocenters. The standard InChI is InChI=1S/C23H22N2O2/c26-23(24-27-17-18-6-2-1-3-7-18)20-10-12-22(13-11-20)25-15-14-19-8-4-5-9-21(19)16-25/h1-13H,14-17H2,(H,24,26). The lowest BCUT2D eigenvalue weighted by Gasteiger charge is -2.30. The van der Waals surface area contributed by atoms with Crippen LogP contribution in [0.3, 0.4) is 0 Å². The summed E-state index contributed by atoms with van der Waals surface area (Å²) in [5.74, 6) is -0.235. The van der Waals surface area contributed by atoms with Gasteiger partial charge in [-0.05, 0) is 47.4 Å². The van der Waals surface area contributed by atoms with E-state index in [0.29, 0.717) is 12.2 Å². The minimum absolute atomic E-state index is 0.235. The van der Waals surface area contributed by atoms with Gasteiger partial charge in [0.2, 0.25) is 0 Å². The van der Waals surface area contributed by atoms with Gasteiger partial charge in [-0.1, -0.05) is 54.6 Å². The fourth-order valence-electron chi connectivity index (χ4n) is 3.36. The number of nitrogens with one attached hydrogen (secondary N) is 1. The fourth-order valence-corrected chi connectivity index (χ4v) is 3.36. The van der Waals surface area contributed by atoms with Gasteiger partial charge in [0, 0.05) is 24.3 Å². The maximum Gasteiger partial charge on any atom is 0.274 e. The van der Waals surface area contributed by atoms with E-state index in [4.69, 9.17) is 4.84 Å². The minimum Gasteiger partial charge on any atom is -0.367 e. The molecule has 1 aliphatic rings. The van der Waals surface area contributed by atoms with Gasteiger partial charge in [-0.2, -0.15) is 0 Å². The first-order valence-corrected chi connectivity index (χ1v) is 9.17. The number of hydrogen-bond donors (Lipinski definition) is 1. The molecule has 0 spiro atoms. The number of amides is 1. The molecule has 4 nitrogen and oxygen atoms in total. The summed E-state index contributed by atoms with van der Waals surface area (Å²) in [6.07, 6.45) is 1.05. The van der Waals surface area contributed by atoms with Crippen LogP contribution in [-0.2, 0) is 24.4 Å². The van der Waals surface area contributed by atoms with Crippen LogP contribution in [0.15, 0.2) is 78.9 Å². The third kappa shape index (κ3) is 4.18. The van der Waals surface area contributed by atoms with Crippen LogP contribution in [0, 0.1) is 0 Å². The van der Waals surface area contributed by atoms with Crippen LogP contribution in [0.25, 0.3) is 0 Å². The highest BCUT2D eigenvalue weighted by Gasteiger charge is 2.16. The summed E-state index contributed by atoms with van der Waals surface area (Å²) in [5, 5.41) is 0. The Morgan fingerprint density at radius 2 is 1.59 bits per heavy atom. The highest BCUT2D eigenvalue weighted by atomic mass is 16.6. The van der Waals surface area contributed by atoms with Crippen LogP contribution in [0.2, 0.25) is 0 Å². The van der Waals surface area contributed by atoms with Gasteiger partial charge in [-0.25, -0.2) is 5.48 Å². The van der Waals surface area contributed by atoms with Crippen LogP contribution in [0.1, 0.15) is 27.0 Å². The Morgan fingerprint density at radius 1 is 0.889 bits per heavy atom. The topological polar surface area (TPSA) is 41.6 Å². The van der Waals surface area contributed by atoms with Gasteiger partial charge in [0.25, 0.3) is 5.91 Å². The van der Waals surface area contributed by atoms with E-state index in [2.05, 4.69) is 34.6 Å². The second kappa shape index (κ2) is 8.06. The molecule has 0 aliphatic carbocycles. The van der Waals surface area contributed by atoms with Crippen molar-refractivity contribution in [1.82, 2.24) is 5.48 Å². The van der Waals surface area contributed by atoms with E-state index in [-0.39, 0.29) is 5.91 Å². The fraction of sp³-hybridized carbons (Fsp3) is 0.174. The molecule has 1 heterocycles. The molecule has 0 aromatic heterocycles. The molecule has 0 saturated heterocycles. The molecule has 0 radical (unpaired) electrons. The van der Waals surface area contributed by atoms with Crippen molar-refractivity contribution in [2.75, 3.05) is 11.4 Å². The van der Waals surface area contributed by atoms with Gasteiger partial charge in [0.15, 0.2) is 0 Å². The lowest BCUT2D eigenvalue weighted by Crippen LogP contribution is -2.30. The first-order chi connectivity index (χ1) is 13.3. The number of carbonyl (C=O) groups is 1. The van der Waals surface area contributed by atoms with Gasteiger partial charge < -0.3 is 4.90 Å². The average molecular weight is 358 g/mol. The molecule has 3 aromatic carbocycles. The number of benzene rings is 3. The molecule has 4 rings (SSSR count). The zero-order valence-electron chi connectivity index (χ0n) is 15.1. The quantitative estimate of drug-likeness (QED) is 0.698. The predicted molar refractivity (Wildman–Crippen MR) is 106 cm³/mol. The summed E-state index contributed by atoms with van der Waals surface area (Å²) < 4.78 is 0. The van der Waals surface area contributed by atoms with Crippen molar-refractivity contribution in [1.29, 1.82) is 0 Å². The van der Waals surface area contributed by atoms with Crippen LogP contribution in [0.5, 0.6) is 0 Å². The molecule has 136 valence electrons. The highest BCUT2D eigenvalue weighted by molar-refractivity contribution is 5.93. The highest BCUT2D eigenvalue weighted by Crippen LogP contribution is 2.24. The monoisotopic (exact) mass is 358 g/mol. The second-order valence-corrected chi connectivity index (χ2v) is 6.69. The zero-order chi connectivity index (χ0) is 18.5. The van der Waals surface area contributed by atoms with Crippen molar-refractivity contribution >= 4 is 11.6 Å². The molecule has 0 saturated carbocycles. The van der Waals surface area contributed by atoms with E-state index in [9.17, 15) is 4.79 Å². The van der Waals surface area contributed by atoms with Crippen molar-refractivity contribution < 1.29 is 9.63 Å². The first-order valence-electron chi connectivity index (χ1n) is 9.17. The van der Waals surface area contributed by atoms with Gasteiger partial charge in [0.05, 0.1) is 6.61 Å². The Morgan fingerprint density at radius 3 is 2.37 bits per heavy atom. The van der Waals surface area contributed by atoms with Crippen molar-refractivity contribution in [2.45, 2.75) is 19.6 Å². The van der Waals surface area contributed by atoms with Crippen molar-refractivity contribution in [3.63, 3.8) is 0 Å². The number of fused-ring (bicyclic) bond motifs is 1. The van der Waals surface area contributed by atoms with Gasteiger partial charge in [-0.3, -0.25) is 9.63 Å². The van der Waals surface area contributed by atoms with Crippen LogP contribution >= 0.6 is 0 Å². The molecule has 3 aromatic rings. The summed E-state index contributed by atoms with van der Waals surface area (Å²) in [4.78, 5) is 19.9. The molecular formula is C23H22N2O2. The minimum atomic E-state index is -0.235. The van der Waals surface area contributed by atoms with E-state index in [1.807, 2.05) is 54.6 Å². The Bertz CT molecular complexity index is 907. The molecule has 27 heavy (non-hydrogen) atoms. The molecule has 1 amide bonds. The molecule has 0 fully saturated rings. The molecule has 0 bridgehead atoms. The molecule has 1 aliphatic heterocycles. The number of hydrogen-bond acceptors (Lipinski definition) is 3. The Hall–Kier alpha value is -3.11. The summed E-state index contributed by atoms with van der Waals surface area (Å²) >= 11 is 0. The van der Waals surface area contributed by atoms with E-state index in [1.54, 1.807) is 0 Å². The zero-order valence-corrected chi connectivity index (χ0v) is 15.1. The van der Waals surface area contributed by atoms with E-state index < -0.39 is 0 Å². The van der Waals surface area contributed by atoms with Crippen molar-refractivity contribution in [2.24, 2.45) is 0 Å². The molecule has 4 heteroatoms. The van der Waals surface area contributed by atoms with Crippen LogP contribution in [-0.4, -0.2) is 12.5 Å². The van der Waals surface area contributed by atoms with E-state index >= 15 is 0 Å². The average Bonchev–Trinajstić information content (AvgIpc) is 2.74. The summed E-state index contributed by atoms with van der Waals surface area (Å²) in [6.45, 7) is 2.24. The van der Waals surface area contributed by atoms with Crippen molar-refractivity contribution in [3.8, 4) is 0 Å². The Balaban J connectivity index is 1.34. The second-order valence-electron chi connectivity index (χ2n) is 6.69. The normalized spacial score (nSPS) is 13.1. The Labute approximate surface area is 159 Å². The SMILES string of the molecule is O=C(NOCc1ccccc1)c1ccc(N2CCc3ccccc3C2)cc1. The molecular weight excluding hydrogens is 336 g/mol. The molecule has 0 unspecified atom stereocenters. The first kappa shape index (κ1) is 17.3. The van der Waals surface area contributed by atoms with Gasteiger partial charge in [-0.15, -0.1) is 0 Å². The Kier molecular flexibility index (Phi) is 5.17. The lowest BCUT2D eigenvalue weighted by atomic mass is 9.99. The van der Waals surface area contributed by atoms with Crippen molar-refractivity contribution in [3.05, 3.63) is 101 Å². The summed E-state index contributed by atoms with van der Waals surface area (Å²) in [7, 11) is 0. The third-order valence-electron chi connectivity index (χ3n) is 4.87. The number of carbonyl (C=O) groups excluding carboxylic acids is 1. The van der Waals surface area contributed by atoms with Crippen LogP contribution < -0.4 is 10.4 Å². The molecule has 1 N–H and O–H groups in total. The maximum absolute atomic E-state index is 12.2. The smallest absolute Gasteiger partial charge is 0.274 e. The summed E-state index contributed by atoms with van der Waals surface area (Å²) in [5.41, 5.74) is 8.04. The lowest BCUT2D eigenvalue weighted by molar-refractivity contribution is 0.0233. The maximum atomic E-state index is 12.2. The number of anilines is 1. The van der Waals surface area contributed by atoms with E-state index in [1.165, 1.54) is 11.1 Å². The number of rotatable bonds is 5. The van der Waals surface area contributed by atoms with Gasteiger partial charge in [0.1, 0.15) is 0 Å².